The largest absolute Gasteiger partial charge is 0.364 e. The van der Waals surface area contributed by atoms with E-state index in [0.717, 1.165) is 6.07 Å². The first kappa shape index (κ1) is 17.1. The summed E-state index contributed by atoms with van der Waals surface area (Å²) < 4.78 is 63.8. The number of sulfonamides is 2. The summed E-state index contributed by atoms with van der Waals surface area (Å²) in [5.74, 6) is -1.14. The molecule has 2 aromatic rings. The minimum absolute atomic E-state index is 0.0707. The molecule has 1 unspecified atom stereocenters. The molecule has 0 aliphatic carbocycles. The Morgan fingerprint density at radius 2 is 1.79 bits per heavy atom. The van der Waals surface area contributed by atoms with E-state index in [-0.39, 0.29) is 5.69 Å². The van der Waals surface area contributed by atoms with Gasteiger partial charge in [-0.15, -0.1) is 0 Å². The van der Waals surface area contributed by atoms with Gasteiger partial charge in [-0.1, -0.05) is 23.7 Å². The third kappa shape index (κ3) is 3.10. The normalized spacial score (nSPS) is 19.4. The van der Waals surface area contributed by atoms with Crippen molar-refractivity contribution in [2.45, 2.75) is 16.0 Å². The Balaban J connectivity index is 2.12. The summed E-state index contributed by atoms with van der Waals surface area (Å²) in [4.78, 5) is -1.29. The van der Waals surface area contributed by atoms with Gasteiger partial charge in [0.2, 0.25) is 20.0 Å². The number of nitrogens with two attached hydrogens (primary N) is 1. The fourth-order valence-corrected chi connectivity index (χ4v) is 4.42. The molecule has 0 fully saturated rings. The van der Waals surface area contributed by atoms with Gasteiger partial charge in [0.1, 0.15) is 21.8 Å². The summed E-state index contributed by atoms with van der Waals surface area (Å²) in [6.07, 6.45) is -0.862. The van der Waals surface area contributed by atoms with E-state index in [1.165, 1.54) is 0 Å². The number of anilines is 1. The van der Waals surface area contributed by atoms with Crippen LogP contribution in [0.25, 0.3) is 0 Å². The van der Waals surface area contributed by atoms with Gasteiger partial charge < -0.3 is 5.32 Å². The van der Waals surface area contributed by atoms with Gasteiger partial charge in [0.15, 0.2) is 0 Å². The van der Waals surface area contributed by atoms with Crippen molar-refractivity contribution in [2.24, 2.45) is 5.14 Å². The molecule has 1 aliphatic heterocycles. The topological polar surface area (TPSA) is 118 Å². The number of halogens is 2. The SMILES string of the molecule is NS(=O)(=O)c1cc2c(cc1F)NC(c1ccc(Cl)cc1)NS2(=O)=O. The smallest absolute Gasteiger partial charge is 0.244 e. The first-order chi connectivity index (χ1) is 11.1. The molecule has 1 heterocycles. The highest BCUT2D eigenvalue weighted by atomic mass is 35.5. The number of rotatable bonds is 2. The zero-order chi connectivity index (χ0) is 17.7. The van der Waals surface area contributed by atoms with E-state index in [0.29, 0.717) is 16.7 Å². The van der Waals surface area contributed by atoms with Crippen molar-refractivity contribution < 1.29 is 21.2 Å². The molecule has 7 nitrogen and oxygen atoms in total. The Labute approximate surface area is 142 Å². The van der Waals surface area contributed by atoms with Crippen LogP contribution in [-0.2, 0) is 20.0 Å². The molecule has 0 saturated carbocycles. The maximum atomic E-state index is 14.0. The van der Waals surface area contributed by atoms with Gasteiger partial charge >= 0.3 is 0 Å². The molecule has 2 aromatic carbocycles. The van der Waals surface area contributed by atoms with E-state index in [2.05, 4.69) is 10.0 Å². The molecule has 128 valence electrons. The Morgan fingerprint density at radius 1 is 1.17 bits per heavy atom. The summed E-state index contributed by atoms with van der Waals surface area (Å²) >= 11 is 5.79. The second-order valence-electron chi connectivity index (χ2n) is 5.07. The van der Waals surface area contributed by atoms with E-state index >= 15 is 0 Å². The number of nitrogens with one attached hydrogen (secondary N) is 2. The summed E-state index contributed by atoms with van der Waals surface area (Å²) in [5.41, 5.74) is 0.475. The van der Waals surface area contributed by atoms with Crippen LogP contribution in [0.3, 0.4) is 0 Å². The lowest BCUT2D eigenvalue weighted by Gasteiger charge is -2.28. The Morgan fingerprint density at radius 3 is 2.38 bits per heavy atom. The van der Waals surface area contributed by atoms with Crippen molar-refractivity contribution in [3.05, 3.63) is 52.8 Å². The number of benzene rings is 2. The lowest BCUT2D eigenvalue weighted by atomic mass is 10.1. The van der Waals surface area contributed by atoms with E-state index in [1.54, 1.807) is 24.3 Å². The number of fused-ring (bicyclic) bond motifs is 1. The van der Waals surface area contributed by atoms with Crippen molar-refractivity contribution in [3.8, 4) is 0 Å². The van der Waals surface area contributed by atoms with Crippen molar-refractivity contribution in [2.75, 3.05) is 5.32 Å². The van der Waals surface area contributed by atoms with Gasteiger partial charge in [-0.25, -0.2) is 26.4 Å². The monoisotopic (exact) mass is 391 g/mol. The Kier molecular flexibility index (Phi) is 4.04. The van der Waals surface area contributed by atoms with E-state index in [4.69, 9.17) is 16.7 Å². The predicted octanol–water partition coefficient (Wildman–Crippen LogP) is 1.53. The molecule has 1 aliphatic rings. The van der Waals surface area contributed by atoms with Crippen LogP contribution in [0, 0.1) is 5.82 Å². The number of hydrogen-bond donors (Lipinski definition) is 3. The van der Waals surface area contributed by atoms with E-state index in [9.17, 15) is 21.2 Å². The average Bonchev–Trinajstić information content (AvgIpc) is 2.45. The summed E-state index contributed by atoms with van der Waals surface area (Å²) in [6.45, 7) is 0. The van der Waals surface area contributed by atoms with E-state index in [1.807, 2.05) is 0 Å². The van der Waals surface area contributed by atoms with E-state index < -0.39 is 41.8 Å². The quantitative estimate of drug-likeness (QED) is 0.717. The van der Waals surface area contributed by atoms with Gasteiger partial charge in [-0.3, -0.25) is 0 Å². The van der Waals surface area contributed by atoms with Crippen LogP contribution in [0.15, 0.2) is 46.2 Å². The Hall–Kier alpha value is -1.72. The molecule has 1 atom stereocenters. The van der Waals surface area contributed by atoms with Crippen LogP contribution in [0.5, 0.6) is 0 Å². The van der Waals surface area contributed by atoms with Crippen LogP contribution in [0.1, 0.15) is 11.7 Å². The minimum atomic E-state index is -4.40. The van der Waals surface area contributed by atoms with Crippen LogP contribution in [0.2, 0.25) is 5.02 Å². The molecule has 0 saturated heterocycles. The maximum absolute atomic E-state index is 14.0. The third-order valence-electron chi connectivity index (χ3n) is 3.41. The molecule has 3 rings (SSSR count). The van der Waals surface area contributed by atoms with Crippen LogP contribution in [0.4, 0.5) is 10.1 Å². The number of hydrogen-bond acceptors (Lipinski definition) is 5. The Bertz CT molecular complexity index is 1020. The number of primary sulfonamides is 1. The molecule has 0 spiro atoms. The zero-order valence-electron chi connectivity index (χ0n) is 11.8. The maximum Gasteiger partial charge on any atom is 0.244 e. The second-order valence-corrected chi connectivity index (χ2v) is 8.72. The highest BCUT2D eigenvalue weighted by molar-refractivity contribution is 7.90. The van der Waals surface area contributed by atoms with Gasteiger partial charge in [0.05, 0.1) is 5.69 Å². The first-order valence-corrected chi connectivity index (χ1v) is 9.89. The van der Waals surface area contributed by atoms with Crippen molar-refractivity contribution in [3.63, 3.8) is 0 Å². The highest BCUT2D eigenvalue weighted by Crippen LogP contribution is 2.34. The molecule has 0 amide bonds. The fraction of sp³-hybridized carbons (Fsp3) is 0.0769. The lowest BCUT2D eigenvalue weighted by Crippen LogP contribution is -2.38. The predicted molar refractivity (Wildman–Crippen MR) is 85.9 cm³/mol. The van der Waals surface area contributed by atoms with Gasteiger partial charge in [-0.05, 0) is 29.8 Å². The molecule has 4 N–H and O–H groups in total. The van der Waals surface area contributed by atoms with Crippen molar-refractivity contribution in [1.82, 2.24) is 4.72 Å². The molecule has 0 aromatic heterocycles. The summed E-state index contributed by atoms with van der Waals surface area (Å²) in [7, 11) is -8.48. The summed E-state index contributed by atoms with van der Waals surface area (Å²) in [6, 6.07) is 7.83. The second kappa shape index (κ2) is 5.67. The zero-order valence-corrected chi connectivity index (χ0v) is 14.2. The van der Waals surface area contributed by atoms with Gasteiger partial charge in [0.25, 0.3) is 0 Å². The van der Waals surface area contributed by atoms with Crippen LogP contribution >= 0.6 is 11.6 Å². The van der Waals surface area contributed by atoms with Gasteiger partial charge in [-0.2, -0.15) is 4.72 Å². The molecule has 0 bridgehead atoms. The highest BCUT2D eigenvalue weighted by Gasteiger charge is 2.32. The molecule has 24 heavy (non-hydrogen) atoms. The van der Waals surface area contributed by atoms with Crippen LogP contribution < -0.4 is 15.2 Å². The lowest BCUT2D eigenvalue weighted by molar-refractivity contribution is 0.553. The standard InChI is InChI=1S/C13H11ClFN3O4S2/c14-8-3-1-7(2-4-8)13-17-10-5-9(15)11(23(16,19)20)6-12(10)24(21,22)18-13/h1-6,13,17-18H,(H2,16,19,20). The summed E-state index contributed by atoms with van der Waals surface area (Å²) in [5, 5.41) is 8.17. The fourth-order valence-electron chi connectivity index (χ4n) is 2.30. The third-order valence-corrected chi connectivity index (χ3v) is 6.05. The average molecular weight is 392 g/mol. The molecule has 11 heteroatoms. The minimum Gasteiger partial charge on any atom is -0.364 e. The molecule has 0 radical (unpaired) electrons. The molecular weight excluding hydrogens is 381 g/mol. The van der Waals surface area contributed by atoms with Gasteiger partial charge in [0, 0.05) is 5.02 Å². The van der Waals surface area contributed by atoms with Crippen molar-refractivity contribution in [1.29, 1.82) is 0 Å². The van der Waals surface area contributed by atoms with Crippen molar-refractivity contribution >= 4 is 37.3 Å². The molecular formula is C13H11ClFN3O4S2. The first-order valence-electron chi connectivity index (χ1n) is 6.48. The van der Waals surface area contributed by atoms with Crippen LogP contribution in [-0.4, -0.2) is 16.8 Å².